The van der Waals surface area contributed by atoms with E-state index in [0.29, 0.717) is 17.6 Å². The highest BCUT2D eigenvalue weighted by atomic mass is 19.1. The molecule has 5 nitrogen and oxygen atoms in total. The Morgan fingerprint density at radius 1 is 1.33 bits per heavy atom. The summed E-state index contributed by atoms with van der Waals surface area (Å²) in [6.45, 7) is 2.21. The smallest absolute Gasteiger partial charge is 0.222 e. The number of aromatic nitrogens is 2. The molecule has 6 heteroatoms. The van der Waals surface area contributed by atoms with E-state index in [1.54, 1.807) is 12.1 Å². The summed E-state index contributed by atoms with van der Waals surface area (Å²) in [5.41, 5.74) is 5.88. The van der Waals surface area contributed by atoms with Gasteiger partial charge in [0.15, 0.2) is 0 Å². The molecule has 2 aromatic rings. The highest BCUT2D eigenvalue weighted by Crippen LogP contribution is 2.24. The molecule has 0 spiro atoms. The van der Waals surface area contributed by atoms with Crippen molar-refractivity contribution in [2.24, 2.45) is 0 Å². The van der Waals surface area contributed by atoms with Gasteiger partial charge in [-0.25, -0.2) is 9.37 Å². The van der Waals surface area contributed by atoms with Crippen molar-refractivity contribution < 1.29 is 9.50 Å². The Bertz CT molecular complexity index is 605. The summed E-state index contributed by atoms with van der Waals surface area (Å²) in [7, 11) is 0. The van der Waals surface area contributed by atoms with Gasteiger partial charge in [0.25, 0.3) is 0 Å². The number of fused-ring (bicyclic) bond motifs is 1. The number of unbranched alkanes of at least 4 members (excludes halogenated alkanes) is 1. The van der Waals surface area contributed by atoms with Gasteiger partial charge in [-0.1, -0.05) is 25.8 Å². The zero-order valence-electron chi connectivity index (χ0n) is 12.1. The summed E-state index contributed by atoms with van der Waals surface area (Å²) in [5.74, 6) is 0.136. The van der Waals surface area contributed by atoms with E-state index in [9.17, 15) is 4.39 Å². The zero-order chi connectivity index (χ0) is 15.2. The Hall–Kier alpha value is -1.95. The molecule has 114 valence electrons. The lowest BCUT2D eigenvalue weighted by Gasteiger charge is -2.19. The van der Waals surface area contributed by atoms with Crippen molar-refractivity contribution in [2.45, 2.75) is 38.6 Å². The number of hydrogen-bond donors (Lipinski definition) is 3. The van der Waals surface area contributed by atoms with E-state index >= 15 is 0 Å². The molecular formula is C15H21FN4O. The Balaban J connectivity index is 2.33. The first kappa shape index (κ1) is 15.4. The molecule has 4 N–H and O–H groups in total. The van der Waals surface area contributed by atoms with Crippen molar-refractivity contribution >= 4 is 22.7 Å². The number of hydrogen-bond acceptors (Lipinski definition) is 5. The standard InChI is InChI=1S/C15H21FN4O/c1-2-3-5-10(8-9-21)18-14-11-6-4-7-12(16)13(11)19-15(17)20-14/h4,6-7,10,21H,2-3,5,8-9H2,1H3,(H3,17,18,19,20). The van der Waals surface area contributed by atoms with Gasteiger partial charge >= 0.3 is 0 Å². The number of nitrogens with one attached hydrogen (secondary N) is 1. The van der Waals surface area contributed by atoms with Crippen LogP contribution in [0.3, 0.4) is 0 Å². The van der Waals surface area contributed by atoms with Crippen LogP contribution in [0.2, 0.25) is 0 Å². The van der Waals surface area contributed by atoms with Gasteiger partial charge in [-0.05, 0) is 25.0 Å². The van der Waals surface area contributed by atoms with E-state index in [1.165, 1.54) is 6.07 Å². The van der Waals surface area contributed by atoms with Crippen molar-refractivity contribution in [3.8, 4) is 0 Å². The number of nitrogens with zero attached hydrogens (tertiary/aromatic N) is 2. The van der Waals surface area contributed by atoms with Crippen molar-refractivity contribution in [3.05, 3.63) is 24.0 Å². The molecule has 1 heterocycles. The number of anilines is 2. The molecule has 0 radical (unpaired) electrons. The summed E-state index contributed by atoms with van der Waals surface area (Å²) in [6, 6.07) is 4.81. The average Bonchev–Trinajstić information content (AvgIpc) is 2.46. The van der Waals surface area contributed by atoms with Crippen LogP contribution in [0, 0.1) is 5.82 Å². The second kappa shape index (κ2) is 7.17. The minimum absolute atomic E-state index is 0.0355. The van der Waals surface area contributed by atoms with Crippen LogP contribution in [0.5, 0.6) is 0 Å². The topological polar surface area (TPSA) is 84.1 Å². The summed E-state index contributed by atoms with van der Waals surface area (Å²) in [4.78, 5) is 8.13. The van der Waals surface area contributed by atoms with Crippen molar-refractivity contribution in [1.82, 2.24) is 9.97 Å². The Kier molecular flexibility index (Phi) is 5.27. The summed E-state index contributed by atoms with van der Waals surface area (Å²) in [6.07, 6.45) is 3.65. The van der Waals surface area contributed by atoms with Crippen LogP contribution < -0.4 is 11.1 Å². The molecule has 0 aliphatic rings. The van der Waals surface area contributed by atoms with Crippen LogP contribution >= 0.6 is 0 Å². The van der Waals surface area contributed by atoms with E-state index in [4.69, 9.17) is 10.8 Å². The van der Waals surface area contributed by atoms with Gasteiger partial charge in [0.05, 0.1) is 0 Å². The molecule has 1 atom stereocenters. The minimum Gasteiger partial charge on any atom is -0.396 e. The molecule has 0 saturated carbocycles. The fourth-order valence-electron chi connectivity index (χ4n) is 2.33. The van der Waals surface area contributed by atoms with Gasteiger partial charge in [-0.15, -0.1) is 0 Å². The third kappa shape index (κ3) is 3.78. The van der Waals surface area contributed by atoms with Gasteiger partial charge in [0.1, 0.15) is 17.2 Å². The van der Waals surface area contributed by atoms with Gasteiger partial charge in [-0.2, -0.15) is 4.98 Å². The van der Waals surface area contributed by atoms with E-state index in [1.807, 2.05) is 0 Å². The maximum Gasteiger partial charge on any atom is 0.222 e. The van der Waals surface area contributed by atoms with Crippen molar-refractivity contribution in [2.75, 3.05) is 17.7 Å². The monoisotopic (exact) mass is 292 g/mol. The van der Waals surface area contributed by atoms with E-state index in [-0.39, 0.29) is 24.1 Å². The fourth-order valence-corrected chi connectivity index (χ4v) is 2.33. The highest BCUT2D eigenvalue weighted by Gasteiger charge is 2.14. The predicted molar refractivity (Wildman–Crippen MR) is 82.5 cm³/mol. The molecule has 21 heavy (non-hydrogen) atoms. The molecule has 0 saturated heterocycles. The number of benzene rings is 1. The Morgan fingerprint density at radius 3 is 2.86 bits per heavy atom. The lowest BCUT2D eigenvalue weighted by molar-refractivity contribution is 0.276. The quantitative estimate of drug-likeness (QED) is 0.730. The van der Waals surface area contributed by atoms with Crippen LogP contribution in [0.25, 0.3) is 10.9 Å². The normalized spacial score (nSPS) is 12.5. The third-order valence-corrected chi connectivity index (χ3v) is 3.42. The fraction of sp³-hybridized carbons (Fsp3) is 0.467. The molecule has 0 bridgehead atoms. The minimum atomic E-state index is -0.420. The molecule has 0 aliphatic heterocycles. The Morgan fingerprint density at radius 2 is 2.14 bits per heavy atom. The van der Waals surface area contributed by atoms with Crippen LogP contribution in [0.15, 0.2) is 18.2 Å². The van der Waals surface area contributed by atoms with Gasteiger partial charge in [0.2, 0.25) is 5.95 Å². The number of rotatable bonds is 7. The summed E-state index contributed by atoms with van der Waals surface area (Å²) in [5, 5.41) is 13.0. The molecule has 1 aromatic carbocycles. The molecule has 2 rings (SSSR count). The summed E-state index contributed by atoms with van der Waals surface area (Å²) < 4.78 is 13.8. The molecule has 1 aromatic heterocycles. The summed E-state index contributed by atoms with van der Waals surface area (Å²) >= 11 is 0. The number of nitrogens with two attached hydrogens (primary N) is 1. The Labute approximate surface area is 123 Å². The number of halogens is 1. The van der Waals surface area contributed by atoms with Gasteiger partial charge in [-0.3, -0.25) is 0 Å². The van der Waals surface area contributed by atoms with Gasteiger partial charge < -0.3 is 16.2 Å². The molecule has 0 aliphatic carbocycles. The first-order valence-electron chi connectivity index (χ1n) is 7.24. The van der Waals surface area contributed by atoms with E-state index < -0.39 is 5.82 Å². The average molecular weight is 292 g/mol. The first-order chi connectivity index (χ1) is 10.2. The van der Waals surface area contributed by atoms with Crippen LogP contribution in [0.1, 0.15) is 32.6 Å². The van der Waals surface area contributed by atoms with Crippen molar-refractivity contribution in [3.63, 3.8) is 0 Å². The second-order valence-electron chi connectivity index (χ2n) is 5.06. The zero-order valence-corrected chi connectivity index (χ0v) is 12.1. The lowest BCUT2D eigenvalue weighted by Crippen LogP contribution is -2.22. The molecule has 1 unspecified atom stereocenters. The maximum absolute atomic E-state index is 13.8. The first-order valence-corrected chi connectivity index (χ1v) is 7.24. The molecular weight excluding hydrogens is 271 g/mol. The third-order valence-electron chi connectivity index (χ3n) is 3.42. The number of aliphatic hydroxyl groups is 1. The van der Waals surface area contributed by atoms with Crippen molar-refractivity contribution in [1.29, 1.82) is 0 Å². The maximum atomic E-state index is 13.8. The highest BCUT2D eigenvalue weighted by molar-refractivity contribution is 5.90. The van der Waals surface area contributed by atoms with Gasteiger partial charge in [0, 0.05) is 18.0 Å². The number of nitrogen functional groups attached to an aromatic ring is 1. The number of aliphatic hydroxyl groups excluding tert-OH is 1. The lowest BCUT2D eigenvalue weighted by atomic mass is 10.1. The number of para-hydroxylation sites is 1. The molecule has 0 fully saturated rings. The van der Waals surface area contributed by atoms with Crippen LogP contribution in [-0.4, -0.2) is 27.7 Å². The molecule has 0 amide bonds. The van der Waals surface area contributed by atoms with Crippen LogP contribution in [0.4, 0.5) is 16.2 Å². The predicted octanol–water partition coefficient (Wildman–Crippen LogP) is 2.70. The van der Waals surface area contributed by atoms with E-state index in [2.05, 4.69) is 22.2 Å². The second-order valence-corrected chi connectivity index (χ2v) is 5.06. The SMILES string of the molecule is CCCCC(CCO)Nc1nc(N)nc2c(F)cccc12. The van der Waals surface area contributed by atoms with E-state index in [0.717, 1.165) is 19.3 Å². The van der Waals surface area contributed by atoms with Crippen LogP contribution in [-0.2, 0) is 0 Å². The largest absolute Gasteiger partial charge is 0.396 e.